The maximum absolute atomic E-state index is 12.6. The molecule has 0 saturated carbocycles. The topological polar surface area (TPSA) is 128 Å². The number of hydrogen-bond donors (Lipinski definition) is 2. The number of aryl methyl sites for hydroxylation is 1. The largest absolute Gasteiger partial charge is 0.379 e. The minimum absolute atomic E-state index is 0.135. The van der Waals surface area contributed by atoms with Crippen LogP contribution in [0.2, 0.25) is 0 Å². The van der Waals surface area contributed by atoms with Crippen LogP contribution in [0, 0.1) is 11.8 Å². The van der Waals surface area contributed by atoms with Gasteiger partial charge in [-0.05, 0) is 30.7 Å². The van der Waals surface area contributed by atoms with Gasteiger partial charge in [-0.25, -0.2) is 4.98 Å². The highest BCUT2D eigenvalue weighted by atomic mass is 32.1. The van der Waals surface area contributed by atoms with Gasteiger partial charge in [0.25, 0.3) is 5.91 Å². The predicted molar refractivity (Wildman–Crippen MR) is 123 cm³/mol. The fourth-order valence-corrected chi connectivity index (χ4v) is 3.28. The molecule has 0 radical (unpaired) electrons. The SMILES string of the molecule is CCCOCCOCCOCCC(=O)Nc1ccccc1C(=O)Nc1nc(C)c(N=O)s1. The van der Waals surface area contributed by atoms with E-state index in [4.69, 9.17) is 14.2 Å². The Labute approximate surface area is 190 Å². The molecule has 1 aromatic carbocycles. The second kappa shape index (κ2) is 14.4. The van der Waals surface area contributed by atoms with Crippen LogP contribution in [0.3, 0.4) is 0 Å². The molecule has 174 valence electrons. The summed E-state index contributed by atoms with van der Waals surface area (Å²) in [6.45, 7) is 6.51. The van der Waals surface area contributed by atoms with Crippen LogP contribution in [-0.2, 0) is 19.0 Å². The third-order valence-corrected chi connectivity index (χ3v) is 5.04. The van der Waals surface area contributed by atoms with Crippen molar-refractivity contribution in [2.75, 3.05) is 50.3 Å². The highest BCUT2D eigenvalue weighted by Crippen LogP contribution is 2.30. The van der Waals surface area contributed by atoms with Gasteiger partial charge in [-0.2, -0.15) is 0 Å². The van der Waals surface area contributed by atoms with E-state index < -0.39 is 5.91 Å². The number of carbonyl (C=O) groups excluding carboxylic acids is 2. The highest BCUT2D eigenvalue weighted by Gasteiger charge is 2.16. The normalized spacial score (nSPS) is 10.7. The number of hydrogen-bond acceptors (Lipinski definition) is 9. The average Bonchev–Trinajstić information content (AvgIpc) is 3.14. The molecular weight excluding hydrogens is 436 g/mol. The molecule has 2 aromatic rings. The Balaban J connectivity index is 1.74. The summed E-state index contributed by atoms with van der Waals surface area (Å²) in [4.78, 5) is 39.7. The fourth-order valence-electron chi connectivity index (χ4n) is 2.54. The Morgan fingerprint density at radius 2 is 1.66 bits per heavy atom. The van der Waals surface area contributed by atoms with Crippen molar-refractivity contribution < 1.29 is 23.8 Å². The quantitative estimate of drug-likeness (QED) is 0.302. The Bertz CT molecular complexity index is 889. The molecule has 0 aliphatic rings. The van der Waals surface area contributed by atoms with E-state index in [9.17, 15) is 14.5 Å². The number of para-hydroxylation sites is 1. The summed E-state index contributed by atoms with van der Waals surface area (Å²) in [5.41, 5.74) is 1.08. The third-order valence-electron chi connectivity index (χ3n) is 4.09. The number of nitrogens with one attached hydrogen (secondary N) is 2. The van der Waals surface area contributed by atoms with Gasteiger partial charge in [-0.1, -0.05) is 30.4 Å². The molecular formula is C21H28N4O6S. The Hall–Kier alpha value is -2.73. The predicted octanol–water partition coefficient (Wildman–Crippen LogP) is 3.89. The molecule has 1 aromatic heterocycles. The van der Waals surface area contributed by atoms with Gasteiger partial charge in [-0.15, -0.1) is 4.91 Å². The van der Waals surface area contributed by atoms with Crippen molar-refractivity contribution in [3.05, 3.63) is 40.4 Å². The van der Waals surface area contributed by atoms with Crippen molar-refractivity contribution in [2.45, 2.75) is 26.7 Å². The molecule has 2 N–H and O–H groups in total. The molecule has 2 rings (SSSR count). The van der Waals surface area contributed by atoms with E-state index in [2.05, 4.69) is 20.8 Å². The summed E-state index contributed by atoms with van der Waals surface area (Å²) in [7, 11) is 0. The molecule has 0 fully saturated rings. The second-order valence-electron chi connectivity index (χ2n) is 6.64. The summed E-state index contributed by atoms with van der Waals surface area (Å²) < 4.78 is 16.1. The number of rotatable bonds is 15. The number of aromatic nitrogens is 1. The van der Waals surface area contributed by atoms with Crippen LogP contribution in [0.1, 0.15) is 35.8 Å². The molecule has 1 heterocycles. The number of carbonyl (C=O) groups is 2. The van der Waals surface area contributed by atoms with Gasteiger partial charge in [0.05, 0.1) is 56.4 Å². The lowest BCUT2D eigenvalue weighted by molar-refractivity contribution is -0.117. The van der Waals surface area contributed by atoms with Crippen molar-refractivity contribution in [2.24, 2.45) is 5.18 Å². The molecule has 0 aliphatic carbocycles. The Morgan fingerprint density at radius 3 is 2.31 bits per heavy atom. The maximum Gasteiger partial charge on any atom is 0.259 e. The second-order valence-corrected chi connectivity index (χ2v) is 7.61. The zero-order valence-electron chi connectivity index (χ0n) is 18.2. The van der Waals surface area contributed by atoms with Gasteiger partial charge < -0.3 is 19.5 Å². The van der Waals surface area contributed by atoms with Crippen molar-refractivity contribution in [1.29, 1.82) is 0 Å². The van der Waals surface area contributed by atoms with E-state index >= 15 is 0 Å². The van der Waals surface area contributed by atoms with Crippen LogP contribution in [-0.4, -0.2) is 56.4 Å². The first-order chi connectivity index (χ1) is 15.5. The highest BCUT2D eigenvalue weighted by molar-refractivity contribution is 7.19. The van der Waals surface area contributed by atoms with Crippen LogP contribution in [0.5, 0.6) is 0 Å². The Kier molecular flexibility index (Phi) is 11.5. The molecule has 0 bridgehead atoms. The van der Waals surface area contributed by atoms with E-state index in [0.717, 1.165) is 24.4 Å². The molecule has 0 spiro atoms. The zero-order valence-corrected chi connectivity index (χ0v) is 19.0. The van der Waals surface area contributed by atoms with Gasteiger partial charge >= 0.3 is 0 Å². The molecule has 2 amide bonds. The van der Waals surface area contributed by atoms with Crippen molar-refractivity contribution in [1.82, 2.24) is 4.98 Å². The lowest BCUT2D eigenvalue weighted by Crippen LogP contribution is -2.19. The van der Waals surface area contributed by atoms with Crippen molar-refractivity contribution in [3.63, 3.8) is 0 Å². The smallest absolute Gasteiger partial charge is 0.259 e. The lowest BCUT2D eigenvalue weighted by Gasteiger charge is -2.11. The molecule has 0 atom stereocenters. The van der Waals surface area contributed by atoms with Crippen LogP contribution in [0.25, 0.3) is 0 Å². The van der Waals surface area contributed by atoms with E-state index in [0.29, 0.717) is 37.8 Å². The van der Waals surface area contributed by atoms with E-state index in [1.54, 1.807) is 31.2 Å². The molecule has 32 heavy (non-hydrogen) atoms. The van der Waals surface area contributed by atoms with Gasteiger partial charge in [0.1, 0.15) is 0 Å². The van der Waals surface area contributed by atoms with Crippen LogP contribution in [0.15, 0.2) is 29.4 Å². The first-order valence-corrected chi connectivity index (χ1v) is 11.1. The van der Waals surface area contributed by atoms with Crippen molar-refractivity contribution in [3.8, 4) is 0 Å². The average molecular weight is 465 g/mol. The minimum atomic E-state index is -0.455. The number of ether oxygens (including phenoxy) is 3. The number of nitrogens with zero attached hydrogens (tertiary/aromatic N) is 2. The van der Waals surface area contributed by atoms with Gasteiger partial charge in [0.2, 0.25) is 5.91 Å². The van der Waals surface area contributed by atoms with E-state index in [-0.39, 0.29) is 34.6 Å². The van der Waals surface area contributed by atoms with Gasteiger partial charge in [-0.3, -0.25) is 14.9 Å². The summed E-state index contributed by atoms with van der Waals surface area (Å²) in [6.07, 6.45) is 1.11. The number of nitroso groups, excluding NO2 is 1. The molecule has 10 nitrogen and oxygen atoms in total. The van der Waals surface area contributed by atoms with Gasteiger partial charge in [0, 0.05) is 6.61 Å². The van der Waals surface area contributed by atoms with Gasteiger partial charge in [0.15, 0.2) is 10.1 Å². The number of thiazole rings is 1. The minimum Gasteiger partial charge on any atom is -0.379 e. The summed E-state index contributed by atoms with van der Waals surface area (Å²) >= 11 is 0.983. The molecule has 0 unspecified atom stereocenters. The maximum atomic E-state index is 12.6. The third kappa shape index (κ3) is 8.79. The fraction of sp³-hybridized carbons (Fsp3) is 0.476. The molecule has 11 heteroatoms. The van der Waals surface area contributed by atoms with E-state index in [1.807, 2.05) is 6.92 Å². The number of anilines is 2. The number of benzene rings is 1. The van der Waals surface area contributed by atoms with Crippen LogP contribution in [0.4, 0.5) is 15.8 Å². The summed E-state index contributed by atoms with van der Waals surface area (Å²) in [5, 5.41) is 8.68. The van der Waals surface area contributed by atoms with Crippen molar-refractivity contribution >= 4 is 39.0 Å². The molecule has 0 aliphatic heterocycles. The van der Waals surface area contributed by atoms with E-state index in [1.165, 1.54) is 0 Å². The van der Waals surface area contributed by atoms with Crippen LogP contribution >= 0.6 is 11.3 Å². The lowest BCUT2D eigenvalue weighted by atomic mass is 10.1. The molecule has 0 saturated heterocycles. The zero-order chi connectivity index (χ0) is 23.2. The Morgan fingerprint density at radius 1 is 1.00 bits per heavy atom. The first kappa shape index (κ1) is 25.5. The monoisotopic (exact) mass is 464 g/mol. The number of amides is 2. The summed E-state index contributed by atoms with van der Waals surface area (Å²) in [6, 6.07) is 6.62. The standard InChI is InChI=1S/C21H28N4O6S/c1-3-9-29-11-13-31-14-12-30-10-8-18(26)23-17-7-5-4-6-16(17)19(27)24-21-22-15(2)20(25-28)32-21/h4-7H,3,8-14H2,1-2H3,(H,23,26)(H,22,24,27). The summed E-state index contributed by atoms with van der Waals surface area (Å²) in [5.74, 6) is -0.736. The van der Waals surface area contributed by atoms with Crippen LogP contribution < -0.4 is 10.6 Å². The first-order valence-electron chi connectivity index (χ1n) is 10.3.